The zero-order chi connectivity index (χ0) is 17.4. The van der Waals surface area contributed by atoms with Crippen LogP contribution in [0.15, 0.2) is 36.4 Å². The molecule has 7 heteroatoms. The number of aryl methyl sites for hydroxylation is 2. The SMILES string of the molecule is Cc1ccc([N+](=O)[O-])cc1NC(=O)c1sc2cccc(F)c2c1C. The average Bonchev–Trinajstić information content (AvgIpc) is 2.87. The van der Waals surface area contributed by atoms with Gasteiger partial charge in [0.05, 0.1) is 15.5 Å². The summed E-state index contributed by atoms with van der Waals surface area (Å²) in [5, 5.41) is 14.0. The van der Waals surface area contributed by atoms with Crippen LogP contribution < -0.4 is 5.32 Å². The van der Waals surface area contributed by atoms with Crippen molar-refractivity contribution in [3.05, 3.63) is 68.3 Å². The van der Waals surface area contributed by atoms with Crippen molar-refractivity contribution in [1.82, 2.24) is 0 Å². The lowest BCUT2D eigenvalue weighted by molar-refractivity contribution is -0.384. The molecule has 24 heavy (non-hydrogen) atoms. The van der Waals surface area contributed by atoms with Crippen molar-refractivity contribution in [2.75, 3.05) is 5.32 Å². The molecule has 0 spiro atoms. The fourth-order valence-electron chi connectivity index (χ4n) is 2.51. The van der Waals surface area contributed by atoms with E-state index in [1.807, 2.05) is 0 Å². The summed E-state index contributed by atoms with van der Waals surface area (Å²) in [5.74, 6) is -0.775. The number of amides is 1. The van der Waals surface area contributed by atoms with Gasteiger partial charge in [0.1, 0.15) is 5.82 Å². The number of nitrogens with zero attached hydrogens (tertiary/aromatic N) is 1. The van der Waals surface area contributed by atoms with E-state index >= 15 is 0 Å². The van der Waals surface area contributed by atoms with Gasteiger partial charge in [0.2, 0.25) is 0 Å². The number of benzene rings is 2. The number of hydrogen-bond acceptors (Lipinski definition) is 4. The molecule has 1 N–H and O–H groups in total. The van der Waals surface area contributed by atoms with Gasteiger partial charge in [0.15, 0.2) is 0 Å². The van der Waals surface area contributed by atoms with E-state index < -0.39 is 10.8 Å². The Hall–Kier alpha value is -2.80. The number of halogens is 1. The number of hydrogen-bond donors (Lipinski definition) is 1. The molecule has 1 heterocycles. The van der Waals surface area contributed by atoms with Crippen molar-refractivity contribution in [1.29, 1.82) is 0 Å². The maximum absolute atomic E-state index is 14.0. The van der Waals surface area contributed by atoms with Crippen molar-refractivity contribution in [2.45, 2.75) is 13.8 Å². The average molecular weight is 344 g/mol. The Labute approximate surface area is 140 Å². The van der Waals surface area contributed by atoms with Gasteiger partial charge in [0.25, 0.3) is 11.6 Å². The Morgan fingerprint density at radius 3 is 2.67 bits per heavy atom. The Balaban J connectivity index is 1.99. The molecule has 3 aromatic rings. The summed E-state index contributed by atoms with van der Waals surface area (Å²) in [7, 11) is 0. The van der Waals surface area contributed by atoms with Crippen LogP contribution in [0.1, 0.15) is 20.8 Å². The number of non-ortho nitro benzene ring substituents is 1. The van der Waals surface area contributed by atoms with Crippen LogP contribution in [0.5, 0.6) is 0 Å². The van der Waals surface area contributed by atoms with Gasteiger partial charge in [-0.15, -0.1) is 11.3 Å². The first-order chi connectivity index (χ1) is 11.4. The van der Waals surface area contributed by atoms with Gasteiger partial charge in [-0.3, -0.25) is 14.9 Å². The summed E-state index contributed by atoms with van der Waals surface area (Å²) in [6.07, 6.45) is 0. The molecular formula is C17H13FN2O3S. The number of carbonyl (C=O) groups excluding carboxylic acids is 1. The van der Waals surface area contributed by atoms with E-state index in [2.05, 4.69) is 5.32 Å². The van der Waals surface area contributed by atoms with Crippen LogP contribution in [-0.2, 0) is 0 Å². The van der Waals surface area contributed by atoms with Crippen molar-refractivity contribution in [3.63, 3.8) is 0 Å². The Morgan fingerprint density at radius 2 is 2.00 bits per heavy atom. The van der Waals surface area contributed by atoms with Crippen LogP contribution in [0.2, 0.25) is 0 Å². The minimum absolute atomic E-state index is 0.102. The third-order valence-electron chi connectivity index (χ3n) is 3.79. The smallest absolute Gasteiger partial charge is 0.271 e. The van der Waals surface area contributed by atoms with Crippen molar-refractivity contribution < 1.29 is 14.1 Å². The minimum Gasteiger partial charge on any atom is -0.321 e. The Bertz CT molecular complexity index is 981. The molecule has 0 saturated heterocycles. The van der Waals surface area contributed by atoms with Crippen LogP contribution in [0.3, 0.4) is 0 Å². The number of nitro benzene ring substituents is 1. The standard InChI is InChI=1S/C17H13FN2O3S/c1-9-6-7-11(20(22)23)8-13(9)19-17(21)16-10(2)15-12(18)4-3-5-14(15)24-16/h3-8H,1-2H3,(H,19,21). The molecule has 0 radical (unpaired) electrons. The molecule has 0 fully saturated rings. The van der Waals surface area contributed by atoms with Crippen molar-refractivity contribution in [3.8, 4) is 0 Å². The second-order valence-corrected chi connectivity index (χ2v) is 6.43. The van der Waals surface area contributed by atoms with Crippen LogP contribution in [0.4, 0.5) is 15.8 Å². The number of nitro groups is 1. The van der Waals surface area contributed by atoms with E-state index in [9.17, 15) is 19.3 Å². The van der Waals surface area contributed by atoms with Gasteiger partial charge in [-0.25, -0.2) is 4.39 Å². The zero-order valence-electron chi connectivity index (χ0n) is 12.9. The summed E-state index contributed by atoms with van der Waals surface area (Å²) in [5.41, 5.74) is 1.54. The van der Waals surface area contributed by atoms with E-state index in [0.29, 0.717) is 31.8 Å². The van der Waals surface area contributed by atoms with Crippen molar-refractivity contribution >= 4 is 38.7 Å². The molecule has 0 aliphatic heterocycles. The van der Waals surface area contributed by atoms with E-state index in [1.165, 1.54) is 29.5 Å². The quantitative estimate of drug-likeness (QED) is 0.547. The largest absolute Gasteiger partial charge is 0.321 e. The fraction of sp³-hybridized carbons (Fsp3) is 0.118. The first kappa shape index (κ1) is 16.1. The lowest BCUT2D eigenvalue weighted by Crippen LogP contribution is -2.12. The molecule has 0 bridgehead atoms. The van der Waals surface area contributed by atoms with Crippen LogP contribution >= 0.6 is 11.3 Å². The molecule has 0 aliphatic carbocycles. The summed E-state index contributed by atoms with van der Waals surface area (Å²) in [6, 6.07) is 8.98. The van der Waals surface area contributed by atoms with Crippen molar-refractivity contribution in [2.24, 2.45) is 0 Å². The summed E-state index contributed by atoms with van der Waals surface area (Å²) in [6.45, 7) is 3.44. The zero-order valence-corrected chi connectivity index (χ0v) is 13.7. The van der Waals surface area contributed by atoms with Gasteiger partial charge in [-0.05, 0) is 37.1 Å². The predicted octanol–water partition coefficient (Wildman–Crippen LogP) is 4.82. The predicted molar refractivity (Wildman–Crippen MR) is 92.3 cm³/mol. The molecule has 0 saturated carbocycles. The highest BCUT2D eigenvalue weighted by atomic mass is 32.1. The third-order valence-corrected chi connectivity index (χ3v) is 5.05. The lowest BCUT2D eigenvalue weighted by Gasteiger charge is -2.07. The van der Waals surface area contributed by atoms with Gasteiger partial charge in [-0.1, -0.05) is 12.1 Å². The van der Waals surface area contributed by atoms with E-state index in [0.717, 1.165) is 0 Å². The highest BCUT2D eigenvalue weighted by Gasteiger charge is 2.19. The Morgan fingerprint density at radius 1 is 1.25 bits per heavy atom. The van der Waals surface area contributed by atoms with Gasteiger partial charge in [0, 0.05) is 22.2 Å². The summed E-state index contributed by atoms with van der Waals surface area (Å²) < 4.78 is 14.6. The van der Waals surface area contributed by atoms with Gasteiger partial charge >= 0.3 is 0 Å². The van der Waals surface area contributed by atoms with Gasteiger partial charge < -0.3 is 5.32 Å². The number of rotatable bonds is 3. The highest BCUT2D eigenvalue weighted by Crippen LogP contribution is 2.33. The second kappa shape index (κ2) is 6.01. The number of fused-ring (bicyclic) bond motifs is 1. The third kappa shape index (κ3) is 2.74. The van der Waals surface area contributed by atoms with Gasteiger partial charge in [-0.2, -0.15) is 0 Å². The molecule has 1 aromatic heterocycles. The number of nitrogens with one attached hydrogen (secondary N) is 1. The molecule has 3 rings (SSSR count). The van der Waals surface area contributed by atoms with E-state index in [1.54, 1.807) is 32.0 Å². The lowest BCUT2D eigenvalue weighted by atomic mass is 10.1. The highest BCUT2D eigenvalue weighted by molar-refractivity contribution is 7.21. The van der Waals surface area contributed by atoms with E-state index in [-0.39, 0.29) is 11.5 Å². The fourth-order valence-corrected chi connectivity index (χ4v) is 3.63. The van der Waals surface area contributed by atoms with E-state index in [4.69, 9.17) is 0 Å². The second-order valence-electron chi connectivity index (χ2n) is 5.38. The summed E-state index contributed by atoms with van der Waals surface area (Å²) in [4.78, 5) is 23.3. The molecule has 2 aromatic carbocycles. The Kier molecular flexibility index (Phi) is 4.02. The van der Waals surface area contributed by atoms with Crippen LogP contribution in [0.25, 0.3) is 10.1 Å². The molecular weight excluding hydrogens is 331 g/mol. The summed E-state index contributed by atoms with van der Waals surface area (Å²) >= 11 is 1.20. The topological polar surface area (TPSA) is 72.2 Å². The monoisotopic (exact) mass is 344 g/mol. The number of anilines is 1. The molecule has 0 atom stereocenters. The molecule has 0 aliphatic rings. The number of thiophene rings is 1. The first-order valence-corrected chi connectivity index (χ1v) is 7.94. The maximum Gasteiger partial charge on any atom is 0.271 e. The maximum atomic E-state index is 14.0. The molecule has 0 unspecified atom stereocenters. The first-order valence-electron chi connectivity index (χ1n) is 7.12. The molecule has 5 nitrogen and oxygen atoms in total. The van der Waals surface area contributed by atoms with Crippen LogP contribution in [-0.4, -0.2) is 10.8 Å². The molecule has 122 valence electrons. The normalized spacial score (nSPS) is 10.8. The van der Waals surface area contributed by atoms with Crippen LogP contribution in [0, 0.1) is 29.8 Å². The minimum atomic E-state index is -0.519. The molecule has 1 amide bonds. The number of carbonyl (C=O) groups is 1.